The monoisotopic (exact) mass is 260 g/mol. The highest BCUT2D eigenvalue weighted by atomic mass is 15.4. The normalized spacial score (nSPS) is 13.1. The molecule has 0 fully saturated rings. The zero-order chi connectivity index (χ0) is 13.8. The highest BCUT2D eigenvalue weighted by Crippen LogP contribution is 2.12. The van der Waals surface area contributed by atoms with E-state index in [1.165, 1.54) is 12.8 Å². The molecular formula is C15H24N4. The first-order chi connectivity index (χ1) is 9.06. The minimum Gasteiger partial charge on any atom is -0.350 e. The molecule has 0 radical (unpaired) electrons. The molecule has 104 valence electrons. The third-order valence-corrected chi connectivity index (χ3v) is 3.34. The van der Waals surface area contributed by atoms with Gasteiger partial charge in [-0.25, -0.2) is 4.52 Å². The van der Waals surface area contributed by atoms with Crippen LogP contribution in [-0.4, -0.2) is 20.6 Å². The summed E-state index contributed by atoms with van der Waals surface area (Å²) in [5, 5.41) is 7.88. The van der Waals surface area contributed by atoms with Crippen LogP contribution in [0.5, 0.6) is 0 Å². The van der Waals surface area contributed by atoms with E-state index in [1.54, 1.807) is 0 Å². The van der Waals surface area contributed by atoms with Gasteiger partial charge in [-0.3, -0.25) is 0 Å². The van der Waals surface area contributed by atoms with Gasteiger partial charge in [0.05, 0.1) is 0 Å². The molecule has 0 aliphatic carbocycles. The Morgan fingerprint density at radius 3 is 2.68 bits per heavy atom. The van der Waals surface area contributed by atoms with Crippen LogP contribution in [0.4, 0.5) is 5.95 Å². The highest BCUT2D eigenvalue weighted by molar-refractivity contribution is 5.44. The summed E-state index contributed by atoms with van der Waals surface area (Å²) in [5.41, 5.74) is 2.00. The third kappa shape index (κ3) is 3.69. The quantitative estimate of drug-likeness (QED) is 0.861. The predicted molar refractivity (Wildman–Crippen MR) is 79.5 cm³/mol. The molecule has 1 N–H and O–H groups in total. The molecule has 2 aromatic rings. The van der Waals surface area contributed by atoms with Crippen LogP contribution < -0.4 is 5.32 Å². The van der Waals surface area contributed by atoms with Gasteiger partial charge >= 0.3 is 0 Å². The molecule has 0 spiro atoms. The highest BCUT2D eigenvalue weighted by Gasteiger charge is 2.08. The topological polar surface area (TPSA) is 42.2 Å². The smallest absolute Gasteiger partial charge is 0.243 e. The van der Waals surface area contributed by atoms with Crippen LogP contribution in [0.2, 0.25) is 0 Å². The van der Waals surface area contributed by atoms with E-state index >= 15 is 0 Å². The molecule has 0 aromatic carbocycles. The average Bonchev–Trinajstić information content (AvgIpc) is 2.72. The molecule has 0 aliphatic rings. The molecule has 19 heavy (non-hydrogen) atoms. The van der Waals surface area contributed by atoms with E-state index in [2.05, 4.69) is 36.2 Å². The molecule has 0 saturated heterocycles. The Morgan fingerprint density at radius 2 is 2.00 bits per heavy atom. The van der Waals surface area contributed by atoms with Crippen LogP contribution in [0.25, 0.3) is 5.65 Å². The minimum atomic E-state index is 0.413. The summed E-state index contributed by atoms with van der Waals surface area (Å²) in [6.45, 7) is 8.77. The molecular weight excluding hydrogens is 236 g/mol. The van der Waals surface area contributed by atoms with Crippen molar-refractivity contribution in [3.63, 3.8) is 0 Å². The maximum absolute atomic E-state index is 4.50. The number of aromatic nitrogens is 3. The van der Waals surface area contributed by atoms with E-state index in [9.17, 15) is 0 Å². The van der Waals surface area contributed by atoms with E-state index in [0.29, 0.717) is 6.04 Å². The van der Waals surface area contributed by atoms with Crippen LogP contribution in [0.3, 0.4) is 0 Å². The first-order valence-corrected chi connectivity index (χ1v) is 7.15. The molecule has 0 aliphatic heterocycles. The number of hydrogen-bond donors (Lipinski definition) is 1. The Labute approximate surface area is 115 Å². The molecule has 4 nitrogen and oxygen atoms in total. The van der Waals surface area contributed by atoms with Gasteiger partial charge in [-0.05, 0) is 38.3 Å². The zero-order valence-corrected chi connectivity index (χ0v) is 12.3. The second-order valence-corrected chi connectivity index (χ2v) is 5.74. The van der Waals surface area contributed by atoms with Crippen molar-refractivity contribution in [2.45, 2.75) is 53.0 Å². The lowest BCUT2D eigenvalue weighted by Gasteiger charge is -2.12. The first-order valence-electron chi connectivity index (χ1n) is 7.15. The van der Waals surface area contributed by atoms with Gasteiger partial charge in [0.15, 0.2) is 5.65 Å². The van der Waals surface area contributed by atoms with Crippen molar-refractivity contribution in [3.8, 4) is 0 Å². The number of nitrogens with zero attached hydrogens (tertiary/aromatic N) is 3. The van der Waals surface area contributed by atoms with Gasteiger partial charge in [-0.2, -0.15) is 4.98 Å². The molecule has 1 unspecified atom stereocenters. The van der Waals surface area contributed by atoms with E-state index in [1.807, 2.05) is 29.6 Å². The Hall–Kier alpha value is -1.58. The van der Waals surface area contributed by atoms with Crippen molar-refractivity contribution in [2.75, 3.05) is 5.32 Å². The number of anilines is 1. The average molecular weight is 260 g/mol. The van der Waals surface area contributed by atoms with Gasteiger partial charge in [0, 0.05) is 11.7 Å². The van der Waals surface area contributed by atoms with Gasteiger partial charge in [-0.1, -0.05) is 32.8 Å². The Morgan fingerprint density at radius 1 is 1.21 bits per heavy atom. The fourth-order valence-corrected chi connectivity index (χ4v) is 2.22. The minimum absolute atomic E-state index is 0.413. The molecule has 1 atom stereocenters. The summed E-state index contributed by atoms with van der Waals surface area (Å²) in [7, 11) is 0. The van der Waals surface area contributed by atoms with Gasteiger partial charge in [0.25, 0.3) is 0 Å². The SMILES string of the molecule is Cc1cccc2nc(NC(C)CCCC(C)C)nn12. The Kier molecular flexibility index (Phi) is 4.40. The summed E-state index contributed by atoms with van der Waals surface area (Å²) in [4.78, 5) is 4.50. The summed E-state index contributed by atoms with van der Waals surface area (Å²) >= 11 is 0. The van der Waals surface area contributed by atoms with Crippen molar-refractivity contribution in [1.82, 2.24) is 14.6 Å². The lowest BCUT2D eigenvalue weighted by Crippen LogP contribution is -2.16. The van der Waals surface area contributed by atoms with Gasteiger partial charge in [0.1, 0.15) is 0 Å². The van der Waals surface area contributed by atoms with Crippen molar-refractivity contribution < 1.29 is 0 Å². The van der Waals surface area contributed by atoms with E-state index < -0.39 is 0 Å². The van der Waals surface area contributed by atoms with Gasteiger partial charge < -0.3 is 5.32 Å². The number of nitrogens with one attached hydrogen (secondary N) is 1. The van der Waals surface area contributed by atoms with Crippen LogP contribution >= 0.6 is 0 Å². The van der Waals surface area contributed by atoms with Gasteiger partial charge in [0.2, 0.25) is 5.95 Å². The molecule has 4 heteroatoms. The summed E-state index contributed by atoms with van der Waals surface area (Å²) in [6.07, 6.45) is 3.69. The van der Waals surface area contributed by atoms with E-state index in [0.717, 1.165) is 29.6 Å². The van der Waals surface area contributed by atoms with Crippen molar-refractivity contribution in [3.05, 3.63) is 23.9 Å². The van der Waals surface area contributed by atoms with Crippen LogP contribution in [0, 0.1) is 12.8 Å². The van der Waals surface area contributed by atoms with Crippen molar-refractivity contribution in [1.29, 1.82) is 0 Å². The van der Waals surface area contributed by atoms with E-state index in [-0.39, 0.29) is 0 Å². The number of fused-ring (bicyclic) bond motifs is 1. The molecule has 0 bridgehead atoms. The molecule has 2 heterocycles. The number of pyridine rings is 1. The Balaban J connectivity index is 1.95. The molecule has 2 aromatic heterocycles. The first kappa shape index (κ1) is 13.8. The maximum atomic E-state index is 4.50. The van der Waals surface area contributed by atoms with Crippen LogP contribution in [0.1, 0.15) is 45.7 Å². The lowest BCUT2D eigenvalue weighted by molar-refractivity contribution is 0.519. The molecule has 2 rings (SSSR count). The van der Waals surface area contributed by atoms with Crippen LogP contribution in [-0.2, 0) is 0 Å². The lowest BCUT2D eigenvalue weighted by atomic mass is 10.0. The standard InChI is InChI=1S/C15H24N4/c1-11(2)7-5-8-12(3)16-15-17-14-10-6-9-13(4)19(14)18-15/h6,9-12H,5,7-8H2,1-4H3,(H,16,18). The summed E-state index contributed by atoms with van der Waals surface area (Å²) in [5.74, 6) is 1.51. The predicted octanol–water partition coefficient (Wildman–Crippen LogP) is 3.66. The number of hydrogen-bond acceptors (Lipinski definition) is 3. The fourth-order valence-electron chi connectivity index (χ4n) is 2.22. The third-order valence-electron chi connectivity index (χ3n) is 3.34. The second kappa shape index (κ2) is 6.04. The number of rotatable bonds is 6. The summed E-state index contributed by atoms with van der Waals surface area (Å²) < 4.78 is 1.88. The van der Waals surface area contributed by atoms with Crippen LogP contribution in [0.15, 0.2) is 18.2 Å². The molecule has 0 saturated carbocycles. The van der Waals surface area contributed by atoms with Gasteiger partial charge in [-0.15, -0.1) is 5.10 Å². The largest absolute Gasteiger partial charge is 0.350 e. The van der Waals surface area contributed by atoms with E-state index in [4.69, 9.17) is 0 Å². The maximum Gasteiger partial charge on any atom is 0.243 e. The van der Waals surface area contributed by atoms with Crippen molar-refractivity contribution >= 4 is 11.6 Å². The fraction of sp³-hybridized carbons (Fsp3) is 0.600. The number of aryl methyl sites for hydroxylation is 1. The Bertz CT molecular complexity index is 530. The summed E-state index contributed by atoms with van der Waals surface area (Å²) in [6, 6.07) is 6.44. The second-order valence-electron chi connectivity index (χ2n) is 5.74. The zero-order valence-electron chi connectivity index (χ0n) is 12.3. The molecule has 0 amide bonds. The van der Waals surface area contributed by atoms with Crippen molar-refractivity contribution in [2.24, 2.45) is 5.92 Å².